The topological polar surface area (TPSA) is 45.9 Å². The molecule has 0 atom stereocenters. The van der Waals surface area contributed by atoms with Gasteiger partial charge < -0.3 is 4.74 Å². The molecule has 1 aromatic heterocycles. The Hall–Kier alpha value is -2.34. The molecule has 0 fully saturated rings. The number of hydrogen-bond acceptors (Lipinski definition) is 3. The van der Waals surface area contributed by atoms with Crippen molar-refractivity contribution >= 4 is 0 Å². The molecule has 78 valence electrons. The minimum Gasteiger partial charge on any atom is -0.480 e. The predicted molar refractivity (Wildman–Crippen MR) is 60.9 cm³/mol. The lowest BCUT2D eigenvalue weighted by Gasteiger charge is -2.04. The molecule has 0 spiro atoms. The van der Waals surface area contributed by atoms with Gasteiger partial charge in [-0.05, 0) is 12.1 Å². The van der Waals surface area contributed by atoms with Crippen molar-refractivity contribution in [2.24, 2.45) is 0 Å². The Balaban J connectivity index is 2.49. The average molecular weight is 210 g/mol. The molecule has 0 aliphatic heterocycles. The zero-order valence-corrected chi connectivity index (χ0v) is 8.84. The van der Waals surface area contributed by atoms with Crippen molar-refractivity contribution in [1.82, 2.24) is 4.98 Å². The SMILES string of the molecule is COc1nc(-c2ccccc2)ccc1C#N. The van der Waals surface area contributed by atoms with E-state index in [9.17, 15) is 0 Å². The lowest BCUT2D eigenvalue weighted by molar-refractivity contribution is 0.397. The van der Waals surface area contributed by atoms with Crippen LogP contribution in [-0.4, -0.2) is 12.1 Å². The fourth-order valence-corrected chi connectivity index (χ4v) is 1.45. The van der Waals surface area contributed by atoms with Crippen LogP contribution < -0.4 is 4.74 Å². The van der Waals surface area contributed by atoms with Crippen molar-refractivity contribution in [2.45, 2.75) is 0 Å². The molecule has 0 bridgehead atoms. The molecule has 1 aromatic carbocycles. The number of benzene rings is 1. The van der Waals surface area contributed by atoms with Gasteiger partial charge in [0.15, 0.2) is 0 Å². The normalized spacial score (nSPS) is 9.50. The number of methoxy groups -OCH3 is 1. The fourth-order valence-electron chi connectivity index (χ4n) is 1.45. The van der Waals surface area contributed by atoms with E-state index in [1.807, 2.05) is 42.5 Å². The summed E-state index contributed by atoms with van der Waals surface area (Å²) >= 11 is 0. The number of pyridine rings is 1. The zero-order valence-electron chi connectivity index (χ0n) is 8.84. The summed E-state index contributed by atoms with van der Waals surface area (Å²) in [4.78, 5) is 4.29. The monoisotopic (exact) mass is 210 g/mol. The lowest BCUT2D eigenvalue weighted by atomic mass is 10.1. The Kier molecular flexibility index (Phi) is 2.84. The Morgan fingerprint density at radius 1 is 1.12 bits per heavy atom. The van der Waals surface area contributed by atoms with Crippen LogP contribution in [0.4, 0.5) is 0 Å². The molecule has 3 heteroatoms. The van der Waals surface area contributed by atoms with E-state index < -0.39 is 0 Å². The summed E-state index contributed by atoms with van der Waals surface area (Å²) < 4.78 is 5.06. The van der Waals surface area contributed by atoms with Crippen LogP contribution in [0.15, 0.2) is 42.5 Å². The molecule has 16 heavy (non-hydrogen) atoms. The van der Waals surface area contributed by atoms with Gasteiger partial charge in [-0.25, -0.2) is 4.98 Å². The van der Waals surface area contributed by atoms with Crippen molar-refractivity contribution in [3.63, 3.8) is 0 Å². The van der Waals surface area contributed by atoms with Gasteiger partial charge in [-0.3, -0.25) is 0 Å². The molecule has 3 nitrogen and oxygen atoms in total. The van der Waals surface area contributed by atoms with Gasteiger partial charge in [0.1, 0.15) is 11.6 Å². The van der Waals surface area contributed by atoms with E-state index in [1.54, 1.807) is 6.07 Å². The molecule has 0 aliphatic carbocycles. The molecule has 0 aliphatic rings. The first kappa shape index (κ1) is 10.2. The van der Waals surface area contributed by atoms with E-state index in [-0.39, 0.29) is 0 Å². The summed E-state index contributed by atoms with van der Waals surface area (Å²) in [6.07, 6.45) is 0. The van der Waals surface area contributed by atoms with E-state index in [1.165, 1.54) is 7.11 Å². The van der Waals surface area contributed by atoms with Crippen LogP contribution in [0.5, 0.6) is 5.88 Å². The Labute approximate surface area is 93.9 Å². The highest BCUT2D eigenvalue weighted by molar-refractivity contribution is 5.61. The number of nitrogens with zero attached hydrogens (tertiary/aromatic N) is 2. The molecule has 0 saturated heterocycles. The van der Waals surface area contributed by atoms with Crippen LogP contribution in [0.3, 0.4) is 0 Å². The van der Waals surface area contributed by atoms with Gasteiger partial charge in [0.25, 0.3) is 0 Å². The Morgan fingerprint density at radius 3 is 2.50 bits per heavy atom. The summed E-state index contributed by atoms with van der Waals surface area (Å²) in [7, 11) is 1.51. The second-order valence-corrected chi connectivity index (χ2v) is 3.23. The molecule has 2 rings (SSSR count). The third-order valence-electron chi connectivity index (χ3n) is 2.24. The minimum absolute atomic E-state index is 0.365. The highest BCUT2D eigenvalue weighted by Gasteiger charge is 2.06. The first-order valence-corrected chi connectivity index (χ1v) is 4.85. The van der Waals surface area contributed by atoms with E-state index in [0.29, 0.717) is 11.4 Å². The molecule has 2 aromatic rings. The van der Waals surface area contributed by atoms with Crippen molar-refractivity contribution < 1.29 is 4.74 Å². The molecule has 0 amide bonds. The van der Waals surface area contributed by atoms with Crippen molar-refractivity contribution in [1.29, 1.82) is 5.26 Å². The lowest BCUT2D eigenvalue weighted by Crippen LogP contribution is -1.93. The highest BCUT2D eigenvalue weighted by atomic mass is 16.5. The molecule has 0 unspecified atom stereocenters. The molecule has 1 heterocycles. The third-order valence-corrected chi connectivity index (χ3v) is 2.24. The van der Waals surface area contributed by atoms with Gasteiger partial charge >= 0.3 is 0 Å². The smallest absolute Gasteiger partial charge is 0.231 e. The number of nitriles is 1. The summed E-state index contributed by atoms with van der Waals surface area (Å²) in [6, 6.07) is 15.3. The van der Waals surface area contributed by atoms with Gasteiger partial charge in [-0.2, -0.15) is 5.26 Å². The molecule has 0 saturated carbocycles. The second kappa shape index (κ2) is 4.45. The van der Waals surface area contributed by atoms with Gasteiger partial charge in [0, 0.05) is 5.56 Å². The fraction of sp³-hybridized carbons (Fsp3) is 0.0769. The first-order chi connectivity index (χ1) is 7.85. The highest BCUT2D eigenvalue weighted by Crippen LogP contribution is 2.22. The van der Waals surface area contributed by atoms with E-state index >= 15 is 0 Å². The van der Waals surface area contributed by atoms with E-state index in [4.69, 9.17) is 10.00 Å². The van der Waals surface area contributed by atoms with Crippen LogP contribution in [0.2, 0.25) is 0 Å². The van der Waals surface area contributed by atoms with Crippen LogP contribution in [0, 0.1) is 11.3 Å². The maximum atomic E-state index is 8.84. The zero-order chi connectivity index (χ0) is 11.4. The molecular formula is C13H10N2O. The molecule has 0 N–H and O–H groups in total. The summed E-state index contributed by atoms with van der Waals surface area (Å²) in [6.45, 7) is 0. The van der Waals surface area contributed by atoms with Crippen LogP contribution >= 0.6 is 0 Å². The van der Waals surface area contributed by atoms with Crippen LogP contribution in [-0.2, 0) is 0 Å². The van der Waals surface area contributed by atoms with Crippen molar-refractivity contribution in [2.75, 3.05) is 7.11 Å². The van der Waals surface area contributed by atoms with E-state index in [2.05, 4.69) is 4.98 Å². The number of hydrogen-bond donors (Lipinski definition) is 0. The first-order valence-electron chi connectivity index (χ1n) is 4.85. The molecular weight excluding hydrogens is 200 g/mol. The van der Waals surface area contributed by atoms with E-state index in [0.717, 1.165) is 11.3 Å². The predicted octanol–water partition coefficient (Wildman–Crippen LogP) is 2.63. The Morgan fingerprint density at radius 2 is 1.88 bits per heavy atom. The summed E-state index contributed by atoms with van der Waals surface area (Å²) in [5, 5.41) is 8.84. The van der Waals surface area contributed by atoms with Crippen molar-refractivity contribution in [3.8, 4) is 23.2 Å². The van der Waals surface area contributed by atoms with Gasteiger partial charge in [0.05, 0.1) is 12.8 Å². The standard InChI is InChI=1S/C13H10N2O/c1-16-13-11(9-14)7-8-12(15-13)10-5-3-2-4-6-10/h2-8H,1H3. The minimum atomic E-state index is 0.365. The van der Waals surface area contributed by atoms with Gasteiger partial charge in [0.2, 0.25) is 5.88 Å². The number of rotatable bonds is 2. The van der Waals surface area contributed by atoms with Gasteiger partial charge in [-0.15, -0.1) is 0 Å². The van der Waals surface area contributed by atoms with Crippen LogP contribution in [0.25, 0.3) is 11.3 Å². The summed E-state index contributed by atoms with van der Waals surface area (Å²) in [5.41, 5.74) is 2.25. The number of ether oxygens (including phenoxy) is 1. The average Bonchev–Trinajstić information content (AvgIpc) is 2.39. The maximum absolute atomic E-state index is 8.84. The van der Waals surface area contributed by atoms with Crippen molar-refractivity contribution in [3.05, 3.63) is 48.0 Å². The van der Waals surface area contributed by atoms with Gasteiger partial charge in [-0.1, -0.05) is 30.3 Å². The second-order valence-electron chi connectivity index (χ2n) is 3.23. The third kappa shape index (κ3) is 1.86. The summed E-state index contributed by atoms with van der Waals surface area (Å²) in [5.74, 6) is 0.365. The Bertz CT molecular complexity index is 529. The maximum Gasteiger partial charge on any atom is 0.231 e. The molecule has 0 radical (unpaired) electrons. The van der Waals surface area contributed by atoms with Crippen LogP contribution in [0.1, 0.15) is 5.56 Å². The largest absolute Gasteiger partial charge is 0.480 e. The quantitative estimate of drug-likeness (QED) is 0.765. The number of aromatic nitrogens is 1.